The summed E-state index contributed by atoms with van der Waals surface area (Å²) in [5.74, 6) is -0.488. The maximum atomic E-state index is 9.28. The Morgan fingerprint density at radius 2 is 2.08 bits per heavy atom. The molecular weight excluding hydrogens is 190 g/mol. The summed E-state index contributed by atoms with van der Waals surface area (Å²) in [4.78, 5) is 0. The topological polar surface area (TPSA) is 66.5 Å². The third-order valence-electron chi connectivity index (χ3n) is 1.72. The van der Waals surface area contributed by atoms with Crippen LogP contribution in [0.5, 0.6) is 11.5 Å². The van der Waals surface area contributed by atoms with Crippen molar-refractivity contribution in [3.8, 4) is 11.5 Å². The molecule has 13 heavy (non-hydrogen) atoms. The highest BCUT2D eigenvalue weighted by atomic mass is 35.5. The Kier molecular flexibility index (Phi) is 3.01. The lowest BCUT2D eigenvalue weighted by Crippen LogP contribution is -2.17. The summed E-state index contributed by atoms with van der Waals surface area (Å²) in [5, 5.41) is 18.5. The molecule has 0 aromatic heterocycles. The molecule has 0 aliphatic rings. The van der Waals surface area contributed by atoms with Crippen molar-refractivity contribution in [1.82, 2.24) is 0 Å². The molecule has 4 heteroatoms. The molecule has 1 rings (SSSR count). The molecule has 4 N–H and O–H groups in total. The predicted molar refractivity (Wildman–Crippen MR) is 52.1 cm³/mol. The Morgan fingerprint density at radius 3 is 2.62 bits per heavy atom. The predicted octanol–water partition coefficient (Wildman–Crippen LogP) is 1.64. The molecule has 0 bridgehead atoms. The van der Waals surface area contributed by atoms with E-state index >= 15 is 0 Å². The Hall–Kier alpha value is -0.930. The molecule has 0 amide bonds. The van der Waals surface area contributed by atoms with E-state index in [0.29, 0.717) is 6.42 Å². The van der Waals surface area contributed by atoms with Crippen LogP contribution in [0.1, 0.15) is 12.5 Å². The number of rotatable bonds is 2. The fraction of sp³-hybridized carbons (Fsp3) is 0.333. The zero-order chi connectivity index (χ0) is 10.0. The summed E-state index contributed by atoms with van der Waals surface area (Å²) in [6, 6.07) is 3.03. The van der Waals surface area contributed by atoms with Crippen LogP contribution in [0.15, 0.2) is 12.1 Å². The molecule has 0 unspecified atom stereocenters. The first-order chi connectivity index (χ1) is 6.02. The van der Waals surface area contributed by atoms with Crippen LogP contribution in [0.25, 0.3) is 0 Å². The molecule has 1 aromatic carbocycles. The molecule has 0 heterocycles. The van der Waals surface area contributed by atoms with Gasteiger partial charge in [-0.3, -0.25) is 0 Å². The third-order valence-corrected chi connectivity index (χ3v) is 2.14. The largest absolute Gasteiger partial charge is 0.504 e. The Morgan fingerprint density at radius 1 is 1.46 bits per heavy atom. The second-order valence-electron chi connectivity index (χ2n) is 3.09. The molecule has 72 valence electrons. The molecule has 0 spiro atoms. The molecule has 0 radical (unpaired) electrons. The van der Waals surface area contributed by atoms with E-state index in [0.717, 1.165) is 5.56 Å². The van der Waals surface area contributed by atoms with E-state index in [9.17, 15) is 5.11 Å². The van der Waals surface area contributed by atoms with Crippen molar-refractivity contribution in [2.75, 3.05) is 0 Å². The van der Waals surface area contributed by atoms with E-state index < -0.39 is 0 Å². The second kappa shape index (κ2) is 3.85. The van der Waals surface area contributed by atoms with Gasteiger partial charge in [0.15, 0.2) is 11.5 Å². The Bertz CT molecular complexity index is 313. The summed E-state index contributed by atoms with van der Waals surface area (Å²) in [7, 11) is 0. The Labute approximate surface area is 81.8 Å². The lowest BCUT2D eigenvalue weighted by atomic mass is 10.1. The fourth-order valence-corrected chi connectivity index (χ4v) is 1.34. The highest BCUT2D eigenvalue weighted by Crippen LogP contribution is 2.35. The van der Waals surface area contributed by atoms with E-state index in [2.05, 4.69) is 0 Å². The summed E-state index contributed by atoms with van der Waals surface area (Å²) in [6.45, 7) is 1.85. The summed E-state index contributed by atoms with van der Waals surface area (Å²) in [5.41, 5.74) is 6.32. The molecule has 0 saturated heterocycles. The van der Waals surface area contributed by atoms with Gasteiger partial charge in [-0.05, 0) is 25.0 Å². The van der Waals surface area contributed by atoms with Crippen molar-refractivity contribution in [2.45, 2.75) is 19.4 Å². The maximum absolute atomic E-state index is 9.28. The number of phenolic OH excluding ortho intramolecular Hbond substituents is 2. The van der Waals surface area contributed by atoms with E-state index in [1.54, 1.807) is 6.07 Å². The quantitative estimate of drug-likeness (QED) is 0.638. The molecule has 1 atom stereocenters. The van der Waals surface area contributed by atoms with Crippen molar-refractivity contribution in [3.63, 3.8) is 0 Å². The van der Waals surface area contributed by atoms with Gasteiger partial charge in [-0.25, -0.2) is 0 Å². The number of benzene rings is 1. The molecule has 0 saturated carbocycles. The summed E-state index contributed by atoms with van der Waals surface area (Å²) < 4.78 is 0. The molecule has 0 fully saturated rings. The van der Waals surface area contributed by atoms with Gasteiger partial charge in [0.2, 0.25) is 0 Å². The first-order valence-corrected chi connectivity index (χ1v) is 4.35. The van der Waals surface area contributed by atoms with Crippen LogP contribution in [0.3, 0.4) is 0 Å². The highest BCUT2D eigenvalue weighted by Gasteiger charge is 2.10. The van der Waals surface area contributed by atoms with Gasteiger partial charge < -0.3 is 15.9 Å². The average Bonchev–Trinajstić information content (AvgIpc) is 2.06. The van der Waals surface area contributed by atoms with Crippen LogP contribution < -0.4 is 5.73 Å². The molecular formula is C9H12ClNO2. The van der Waals surface area contributed by atoms with Crippen LogP contribution in [-0.2, 0) is 6.42 Å². The van der Waals surface area contributed by atoms with Crippen LogP contribution in [0, 0.1) is 0 Å². The molecule has 0 aliphatic heterocycles. The number of phenols is 2. The third kappa shape index (κ3) is 2.26. The monoisotopic (exact) mass is 201 g/mol. The van der Waals surface area contributed by atoms with Crippen molar-refractivity contribution in [2.24, 2.45) is 5.73 Å². The lowest BCUT2D eigenvalue weighted by Gasteiger charge is -2.09. The highest BCUT2D eigenvalue weighted by molar-refractivity contribution is 6.33. The normalized spacial score (nSPS) is 12.8. The van der Waals surface area contributed by atoms with E-state index in [4.69, 9.17) is 22.4 Å². The molecule has 1 aromatic rings. The SMILES string of the molecule is C[C@H](N)Cc1ccc(O)c(O)c1Cl. The van der Waals surface area contributed by atoms with Gasteiger partial charge in [0.1, 0.15) is 0 Å². The van der Waals surface area contributed by atoms with Gasteiger partial charge in [-0.2, -0.15) is 0 Å². The lowest BCUT2D eigenvalue weighted by molar-refractivity contribution is 0.403. The number of hydrogen-bond donors (Lipinski definition) is 3. The van der Waals surface area contributed by atoms with Crippen molar-refractivity contribution in [3.05, 3.63) is 22.7 Å². The minimum atomic E-state index is -0.278. The van der Waals surface area contributed by atoms with E-state index in [-0.39, 0.29) is 22.6 Å². The van der Waals surface area contributed by atoms with Gasteiger partial charge in [0.25, 0.3) is 0 Å². The molecule has 0 aliphatic carbocycles. The molecule has 3 nitrogen and oxygen atoms in total. The van der Waals surface area contributed by atoms with Crippen LogP contribution in [0.2, 0.25) is 5.02 Å². The second-order valence-corrected chi connectivity index (χ2v) is 3.47. The van der Waals surface area contributed by atoms with Gasteiger partial charge in [-0.15, -0.1) is 0 Å². The average molecular weight is 202 g/mol. The van der Waals surface area contributed by atoms with E-state index in [1.807, 2.05) is 6.92 Å². The number of nitrogens with two attached hydrogens (primary N) is 1. The van der Waals surface area contributed by atoms with Gasteiger partial charge in [-0.1, -0.05) is 17.7 Å². The van der Waals surface area contributed by atoms with Crippen LogP contribution in [-0.4, -0.2) is 16.3 Å². The smallest absolute Gasteiger partial charge is 0.176 e. The number of halogens is 1. The zero-order valence-electron chi connectivity index (χ0n) is 7.29. The maximum Gasteiger partial charge on any atom is 0.176 e. The van der Waals surface area contributed by atoms with Gasteiger partial charge in [0, 0.05) is 6.04 Å². The van der Waals surface area contributed by atoms with E-state index in [1.165, 1.54) is 6.07 Å². The first kappa shape index (κ1) is 10.2. The minimum absolute atomic E-state index is 0.0264. The number of aromatic hydroxyl groups is 2. The summed E-state index contributed by atoms with van der Waals surface area (Å²) in [6.07, 6.45) is 0.576. The zero-order valence-corrected chi connectivity index (χ0v) is 8.04. The van der Waals surface area contributed by atoms with Crippen molar-refractivity contribution < 1.29 is 10.2 Å². The number of hydrogen-bond acceptors (Lipinski definition) is 3. The standard InChI is InChI=1S/C9H12ClNO2/c1-5(11)4-6-2-3-7(12)9(13)8(6)10/h2-3,5,12-13H,4,11H2,1H3/t5-/m0/s1. The van der Waals surface area contributed by atoms with Gasteiger partial charge >= 0.3 is 0 Å². The van der Waals surface area contributed by atoms with Crippen LogP contribution in [0.4, 0.5) is 0 Å². The van der Waals surface area contributed by atoms with Crippen molar-refractivity contribution >= 4 is 11.6 Å². The van der Waals surface area contributed by atoms with Crippen molar-refractivity contribution in [1.29, 1.82) is 0 Å². The van der Waals surface area contributed by atoms with Crippen LogP contribution >= 0.6 is 11.6 Å². The van der Waals surface area contributed by atoms with Gasteiger partial charge in [0.05, 0.1) is 5.02 Å². The Balaban J connectivity index is 3.04. The fourth-order valence-electron chi connectivity index (χ4n) is 1.10. The first-order valence-electron chi connectivity index (χ1n) is 3.97. The summed E-state index contributed by atoms with van der Waals surface area (Å²) >= 11 is 5.78. The minimum Gasteiger partial charge on any atom is -0.504 e.